The summed E-state index contributed by atoms with van der Waals surface area (Å²) in [6.45, 7) is 6.91. The van der Waals surface area contributed by atoms with E-state index in [0.717, 1.165) is 75.1 Å². The summed E-state index contributed by atoms with van der Waals surface area (Å²) in [5.74, 6) is 1.92. The molecule has 7 nitrogen and oxygen atoms in total. The summed E-state index contributed by atoms with van der Waals surface area (Å²) < 4.78 is 17.3. The van der Waals surface area contributed by atoms with Gasteiger partial charge < -0.3 is 24.0 Å². The van der Waals surface area contributed by atoms with Crippen LogP contribution < -0.4 is 9.80 Å². The van der Waals surface area contributed by atoms with Crippen LogP contribution in [0.5, 0.6) is 0 Å². The van der Waals surface area contributed by atoms with E-state index < -0.39 is 0 Å². The molecule has 3 aliphatic rings. The van der Waals surface area contributed by atoms with Gasteiger partial charge in [-0.15, -0.1) is 0 Å². The molecule has 1 spiro atoms. The Balaban J connectivity index is 1.56. The van der Waals surface area contributed by atoms with Gasteiger partial charge in [-0.1, -0.05) is 12.1 Å². The molecule has 0 bridgehead atoms. The molecule has 0 aliphatic carbocycles. The highest BCUT2D eigenvalue weighted by Crippen LogP contribution is 2.34. The van der Waals surface area contributed by atoms with E-state index in [9.17, 15) is 0 Å². The van der Waals surface area contributed by atoms with Gasteiger partial charge in [-0.2, -0.15) is 0 Å². The zero-order valence-electron chi connectivity index (χ0n) is 14.9. The maximum absolute atomic E-state index is 6.10. The summed E-state index contributed by atoms with van der Waals surface area (Å²) >= 11 is 0. The number of para-hydroxylation sites is 2. The number of aromatic nitrogens is 2. The SMILES string of the molecule is c1ccc2nc(N3CCOC4(CCOC4)C3)c(N3CCOCC3)nc2c1. The molecule has 3 aliphatic heterocycles. The molecule has 4 heterocycles. The molecule has 26 heavy (non-hydrogen) atoms. The first-order valence-corrected chi connectivity index (χ1v) is 9.39. The van der Waals surface area contributed by atoms with E-state index in [2.05, 4.69) is 9.80 Å². The van der Waals surface area contributed by atoms with Crippen LogP contribution in [0.25, 0.3) is 11.0 Å². The van der Waals surface area contributed by atoms with Gasteiger partial charge in [0.1, 0.15) is 5.60 Å². The van der Waals surface area contributed by atoms with Crippen LogP contribution >= 0.6 is 0 Å². The van der Waals surface area contributed by atoms with Crippen molar-refractivity contribution in [3.63, 3.8) is 0 Å². The summed E-state index contributed by atoms with van der Waals surface area (Å²) in [6.07, 6.45) is 0.942. The average molecular weight is 356 g/mol. The van der Waals surface area contributed by atoms with Crippen molar-refractivity contribution in [3.8, 4) is 0 Å². The zero-order chi connectivity index (χ0) is 17.4. The van der Waals surface area contributed by atoms with Crippen LogP contribution in [0.2, 0.25) is 0 Å². The van der Waals surface area contributed by atoms with Crippen molar-refractivity contribution in [2.45, 2.75) is 12.0 Å². The van der Waals surface area contributed by atoms with E-state index in [1.54, 1.807) is 0 Å². The lowest BCUT2D eigenvalue weighted by Gasteiger charge is -2.41. The van der Waals surface area contributed by atoms with Gasteiger partial charge in [0.2, 0.25) is 0 Å². The van der Waals surface area contributed by atoms with E-state index >= 15 is 0 Å². The highest BCUT2D eigenvalue weighted by molar-refractivity contribution is 5.81. The predicted molar refractivity (Wildman–Crippen MR) is 98.9 cm³/mol. The van der Waals surface area contributed by atoms with Crippen molar-refractivity contribution >= 4 is 22.7 Å². The third-order valence-corrected chi connectivity index (χ3v) is 5.46. The molecular formula is C19H24N4O3. The molecule has 1 aromatic heterocycles. The molecule has 3 fully saturated rings. The Bertz CT molecular complexity index is 787. The number of hydrogen-bond acceptors (Lipinski definition) is 7. The number of fused-ring (bicyclic) bond motifs is 1. The van der Waals surface area contributed by atoms with Crippen molar-refractivity contribution in [2.24, 2.45) is 0 Å². The fourth-order valence-electron chi connectivity index (χ4n) is 4.03. The predicted octanol–water partition coefficient (Wildman–Crippen LogP) is 1.46. The van der Waals surface area contributed by atoms with Crippen LogP contribution in [0.15, 0.2) is 24.3 Å². The van der Waals surface area contributed by atoms with Crippen molar-refractivity contribution in [3.05, 3.63) is 24.3 Å². The Labute approximate surface area is 152 Å². The molecular weight excluding hydrogens is 332 g/mol. The van der Waals surface area contributed by atoms with Crippen LogP contribution in [0.4, 0.5) is 11.6 Å². The summed E-state index contributed by atoms with van der Waals surface area (Å²) in [6, 6.07) is 8.09. The number of hydrogen-bond donors (Lipinski definition) is 0. The topological polar surface area (TPSA) is 60.0 Å². The fourth-order valence-corrected chi connectivity index (χ4v) is 4.03. The second-order valence-corrected chi connectivity index (χ2v) is 7.21. The first-order valence-electron chi connectivity index (χ1n) is 9.39. The van der Waals surface area contributed by atoms with Crippen molar-refractivity contribution < 1.29 is 14.2 Å². The van der Waals surface area contributed by atoms with Gasteiger partial charge in [-0.05, 0) is 12.1 Å². The highest BCUT2D eigenvalue weighted by atomic mass is 16.6. The van der Waals surface area contributed by atoms with Gasteiger partial charge >= 0.3 is 0 Å². The van der Waals surface area contributed by atoms with Crippen LogP contribution in [-0.2, 0) is 14.2 Å². The summed E-state index contributed by atoms with van der Waals surface area (Å²) in [4.78, 5) is 14.6. The lowest BCUT2D eigenvalue weighted by atomic mass is 10.0. The summed E-state index contributed by atoms with van der Waals surface area (Å²) in [5, 5.41) is 0. The van der Waals surface area contributed by atoms with Gasteiger partial charge in [0.15, 0.2) is 11.6 Å². The Morgan fingerprint density at radius 2 is 1.50 bits per heavy atom. The number of nitrogens with zero attached hydrogens (tertiary/aromatic N) is 4. The average Bonchev–Trinajstić information content (AvgIpc) is 3.15. The lowest BCUT2D eigenvalue weighted by Crippen LogP contribution is -2.53. The summed E-state index contributed by atoms with van der Waals surface area (Å²) in [5.41, 5.74) is 1.67. The summed E-state index contributed by atoms with van der Waals surface area (Å²) in [7, 11) is 0. The van der Waals surface area contributed by atoms with E-state index in [-0.39, 0.29) is 5.60 Å². The molecule has 1 unspecified atom stereocenters. The number of ether oxygens (including phenoxy) is 3. The second kappa shape index (κ2) is 6.64. The Hall–Kier alpha value is -1.96. The first-order chi connectivity index (χ1) is 12.8. The molecule has 138 valence electrons. The number of rotatable bonds is 2. The second-order valence-electron chi connectivity index (χ2n) is 7.21. The van der Waals surface area contributed by atoms with Crippen LogP contribution in [-0.4, -0.2) is 74.8 Å². The molecule has 1 aromatic carbocycles. The highest BCUT2D eigenvalue weighted by Gasteiger charge is 2.41. The van der Waals surface area contributed by atoms with Gasteiger partial charge in [-0.25, -0.2) is 9.97 Å². The van der Waals surface area contributed by atoms with Gasteiger partial charge in [0, 0.05) is 32.7 Å². The molecule has 0 radical (unpaired) electrons. The van der Waals surface area contributed by atoms with Gasteiger partial charge in [0.25, 0.3) is 0 Å². The standard InChI is InChI=1S/C19H24N4O3/c1-2-4-16-15(3-1)20-17(22-6-10-24-11-7-22)18(21-16)23-8-12-26-19(13-23)5-9-25-14-19/h1-4H,5-14H2. The molecule has 0 N–H and O–H groups in total. The largest absolute Gasteiger partial charge is 0.378 e. The zero-order valence-corrected chi connectivity index (χ0v) is 14.9. The monoisotopic (exact) mass is 356 g/mol. The Morgan fingerprint density at radius 1 is 0.808 bits per heavy atom. The van der Waals surface area contributed by atoms with E-state index in [0.29, 0.717) is 13.2 Å². The maximum atomic E-state index is 6.10. The van der Waals surface area contributed by atoms with Crippen LogP contribution in [0, 0.1) is 0 Å². The molecule has 0 saturated carbocycles. The van der Waals surface area contributed by atoms with E-state index in [4.69, 9.17) is 24.2 Å². The quantitative estimate of drug-likeness (QED) is 0.807. The molecule has 5 rings (SSSR count). The van der Waals surface area contributed by atoms with Crippen LogP contribution in [0.1, 0.15) is 6.42 Å². The maximum Gasteiger partial charge on any atom is 0.172 e. The van der Waals surface area contributed by atoms with Gasteiger partial charge in [0.05, 0.1) is 44.0 Å². The molecule has 0 amide bonds. The number of benzene rings is 1. The number of morpholine rings is 2. The number of anilines is 2. The van der Waals surface area contributed by atoms with Crippen molar-refractivity contribution in [2.75, 3.05) is 69.0 Å². The van der Waals surface area contributed by atoms with Crippen molar-refractivity contribution in [1.29, 1.82) is 0 Å². The van der Waals surface area contributed by atoms with Gasteiger partial charge in [-0.3, -0.25) is 0 Å². The smallest absolute Gasteiger partial charge is 0.172 e. The molecule has 7 heteroatoms. The fraction of sp³-hybridized carbons (Fsp3) is 0.579. The minimum atomic E-state index is -0.201. The molecule has 2 aromatic rings. The Morgan fingerprint density at radius 3 is 2.19 bits per heavy atom. The Kier molecular flexibility index (Phi) is 4.15. The third-order valence-electron chi connectivity index (χ3n) is 5.46. The van der Waals surface area contributed by atoms with E-state index in [1.807, 2.05) is 24.3 Å². The normalized spacial score (nSPS) is 26.8. The minimum Gasteiger partial charge on any atom is -0.378 e. The van der Waals surface area contributed by atoms with Crippen molar-refractivity contribution in [1.82, 2.24) is 9.97 Å². The molecule has 1 atom stereocenters. The van der Waals surface area contributed by atoms with E-state index in [1.165, 1.54) is 0 Å². The minimum absolute atomic E-state index is 0.201. The lowest BCUT2D eigenvalue weighted by molar-refractivity contribution is -0.0581. The van der Waals surface area contributed by atoms with Crippen LogP contribution in [0.3, 0.4) is 0 Å². The third kappa shape index (κ3) is 2.90. The first kappa shape index (κ1) is 16.2. The molecule has 3 saturated heterocycles.